The van der Waals surface area contributed by atoms with Gasteiger partial charge in [0.2, 0.25) is 0 Å². The quantitative estimate of drug-likeness (QED) is 0.397. The van der Waals surface area contributed by atoms with Gasteiger partial charge in [0, 0.05) is 11.1 Å². The molecule has 7 nitrogen and oxygen atoms in total. The average Bonchev–Trinajstić information content (AvgIpc) is 2.87. The number of amides is 1. The van der Waals surface area contributed by atoms with Crippen LogP contribution in [0.25, 0.3) is 33.1 Å². The van der Waals surface area contributed by atoms with Gasteiger partial charge in [-0.3, -0.25) is 9.59 Å². The molecule has 1 aromatic heterocycles. The molecule has 7 heteroatoms. The Morgan fingerprint density at radius 2 is 1.62 bits per heavy atom. The molecule has 0 aliphatic rings. The number of nitrogens with zero attached hydrogens (tertiary/aromatic N) is 3. The lowest BCUT2D eigenvalue weighted by Crippen LogP contribution is -2.21. The zero-order chi connectivity index (χ0) is 23.5. The van der Waals surface area contributed by atoms with E-state index < -0.39 is 5.91 Å². The van der Waals surface area contributed by atoms with E-state index in [-0.39, 0.29) is 12.2 Å². The summed E-state index contributed by atoms with van der Waals surface area (Å²) in [5.41, 5.74) is 6.95. The maximum absolute atomic E-state index is 13.4. The summed E-state index contributed by atoms with van der Waals surface area (Å²) < 4.78 is 6.93. The molecule has 0 aliphatic carbocycles. The SMILES string of the molecule is NC(=O)COc1ccc2ccccc2c1C=Nn1c(-c2ccccc2)nc2ccccc2c1=O. The third kappa shape index (κ3) is 4.02. The van der Waals surface area contributed by atoms with Crippen molar-refractivity contribution in [3.63, 3.8) is 0 Å². The van der Waals surface area contributed by atoms with Crippen molar-refractivity contribution in [2.45, 2.75) is 0 Å². The van der Waals surface area contributed by atoms with Crippen LogP contribution in [0, 0.1) is 0 Å². The van der Waals surface area contributed by atoms with E-state index in [0.29, 0.717) is 28.0 Å². The molecule has 0 atom stereocenters. The zero-order valence-electron chi connectivity index (χ0n) is 18.1. The predicted molar refractivity (Wildman–Crippen MR) is 133 cm³/mol. The molecule has 0 saturated heterocycles. The van der Waals surface area contributed by atoms with Crippen molar-refractivity contribution in [3.8, 4) is 17.1 Å². The zero-order valence-corrected chi connectivity index (χ0v) is 18.1. The summed E-state index contributed by atoms with van der Waals surface area (Å²) in [5.74, 6) is 0.266. The van der Waals surface area contributed by atoms with Gasteiger partial charge in [0.05, 0.1) is 17.1 Å². The lowest BCUT2D eigenvalue weighted by atomic mass is 10.0. The number of fused-ring (bicyclic) bond motifs is 2. The van der Waals surface area contributed by atoms with E-state index in [1.54, 1.807) is 30.5 Å². The first-order valence-corrected chi connectivity index (χ1v) is 10.7. The van der Waals surface area contributed by atoms with Crippen molar-refractivity contribution in [1.29, 1.82) is 0 Å². The minimum absolute atomic E-state index is 0.272. The van der Waals surface area contributed by atoms with Crippen LogP contribution < -0.4 is 16.0 Å². The summed E-state index contributed by atoms with van der Waals surface area (Å²) in [5, 5.41) is 6.84. The van der Waals surface area contributed by atoms with Gasteiger partial charge in [0.25, 0.3) is 11.5 Å². The fraction of sp³-hybridized carbons (Fsp3) is 0.0370. The summed E-state index contributed by atoms with van der Waals surface area (Å²) in [6.07, 6.45) is 1.56. The van der Waals surface area contributed by atoms with E-state index >= 15 is 0 Å². The Morgan fingerprint density at radius 1 is 0.912 bits per heavy atom. The number of rotatable bonds is 6. The first kappa shape index (κ1) is 21.1. The molecule has 5 aromatic rings. The Morgan fingerprint density at radius 3 is 2.41 bits per heavy atom. The van der Waals surface area contributed by atoms with E-state index in [9.17, 15) is 9.59 Å². The Balaban J connectivity index is 1.72. The lowest BCUT2D eigenvalue weighted by molar-refractivity contribution is -0.119. The molecule has 34 heavy (non-hydrogen) atoms. The third-order valence-corrected chi connectivity index (χ3v) is 5.39. The second-order valence-corrected chi connectivity index (χ2v) is 7.63. The molecule has 0 bridgehead atoms. The van der Waals surface area contributed by atoms with Crippen LogP contribution in [0.4, 0.5) is 0 Å². The Bertz CT molecular complexity index is 1610. The molecule has 0 spiro atoms. The predicted octanol–water partition coefficient (Wildman–Crippen LogP) is 3.96. The topological polar surface area (TPSA) is 99.6 Å². The Kier molecular flexibility index (Phi) is 5.58. The van der Waals surface area contributed by atoms with E-state index in [1.165, 1.54) is 4.68 Å². The molecular formula is C27H20N4O3. The summed E-state index contributed by atoms with van der Waals surface area (Å²) in [6.45, 7) is -0.272. The number of ether oxygens (including phenoxy) is 1. The van der Waals surface area contributed by atoms with Crippen molar-refractivity contribution in [2.24, 2.45) is 10.8 Å². The molecule has 1 amide bonds. The molecular weight excluding hydrogens is 428 g/mol. The molecule has 0 radical (unpaired) electrons. The molecule has 0 unspecified atom stereocenters. The highest BCUT2D eigenvalue weighted by molar-refractivity contribution is 6.02. The smallest absolute Gasteiger partial charge is 0.282 e. The first-order valence-electron chi connectivity index (χ1n) is 10.7. The number of hydrogen-bond donors (Lipinski definition) is 1. The van der Waals surface area contributed by atoms with Gasteiger partial charge in [0.1, 0.15) is 5.75 Å². The maximum Gasteiger partial charge on any atom is 0.282 e. The van der Waals surface area contributed by atoms with Crippen LogP contribution in [0.15, 0.2) is 101 Å². The number of carbonyl (C=O) groups excluding carboxylic acids is 1. The summed E-state index contributed by atoms with van der Waals surface area (Å²) in [7, 11) is 0. The van der Waals surface area contributed by atoms with Crippen LogP contribution >= 0.6 is 0 Å². The number of primary amides is 1. The monoisotopic (exact) mass is 448 g/mol. The summed E-state index contributed by atoms with van der Waals surface area (Å²) >= 11 is 0. The largest absolute Gasteiger partial charge is 0.483 e. The van der Waals surface area contributed by atoms with Crippen LogP contribution in [0.5, 0.6) is 5.75 Å². The number of carbonyl (C=O) groups is 1. The standard InChI is InChI=1S/C27H20N4O3/c28-25(32)17-34-24-15-14-18-8-4-5-11-20(18)22(24)16-29-31-26(19-9-2-1-3-10-19)30-23-13-7-6-12-21(23)27(31)33/h1-16H,17H2,(H2,28,32). The third-order valence-electron chi connectivity index (χ3n) is 5.39. The number of aromatic nitrogens is 2. The molecule has 166 valence electrons. The van der Waals surface area contributed by atoms with Gasteiger partial charge in [-0.25, -0.2) is 4.98 Å². The van der Waals surface area contributed by atoms with Gasteiger partial charge < -0.3 is 10.5 Å². The average molecular weight is 448 g/mol. The molecule has 5 rings (SSSR count). The van der Waals surface area contributed by atoms with Crippen LogP contribution in [0.2, 0.25) is 0 Å². The van der Waals surface area contributed by atoms with E-state index in [2.05, 4.69) is 5.10 Å². The number of benzene rings is 4. The summed E-state index contributed by atoms with van der Waals surface area (Å²) in [6, 6.07) is 27.9. The second kappa shape index (κ2) is 8.99. The minimum Gasteiger partial charge on any atom is -0.483 e. The van der Waals surface area contributed by atoms with Crippen LogP contribution in [-0.4, -0.2) is 28.4 Å². The van der Waals surface area contributed by atoms with Crippen molar-refractivity contribution in [1.82, 2.24) is 9.66 Å². The van der Waals surface area contributed by atoms with Gasteiger partial charge >= 0.3 is 0 Å². The lowest BCUT2D eigenvalue weighted by Gasteiger charge is -2.12. The molecule has 2 N–H and O–H groups in total. The van der Waals surface area contributed by atoms with Crippen molar-refractivity contribution in [2.75, 3.05) is 6.61 Å². The van der Waals surface area contributed by atoms with E-state index in [0.717, 1.165) is 16.3 Å². The molecule has 0 fully saturated rings. The second-order valence-electron chi connectivity index (χ2n) is 7.63. The van der Waals surface area contributed by atoms with Crippen LogP contribution in [-0.2, 0) is 4.79 Å². The van der Waals surface area contributed by atoms with E-state index in [1.807, 2.05) is 66.7 Å². The number of para-hydroxylation sites is 1. The molecule has 1 heterocycles. The highest BCUT2D eigenvalue weighted by Gasteiger charge is 2.13. The van der Waals surface area contributed by atoms with Crippen molar-refractivity contribution < 1.29 is 9.53 Å². The van der Waals surface area contributed by atoms with Gasteiger partial charge in [0.15, 0.2) is 12.4 Å². The van der Waals surface area contributed by atoms with Gasteiger partial charge in [-0.2, -0.15) is 9.78 Å². The highest BCUT2D eigenvalue weighted by atomic mass is 16.5. The molecule has 4 aromatic carbocycles. The van der Waals surface area contributed by atoms with Gasteiger partial charge in [-0.15, -0.1) is 0 Å². The fourth-order valence-electron chi connectivity index (χ4n) is 3.80. The van der Waals surface area contributed by atoms with Gasteiger partial charge in [-0.05, 0) is 29.0 Å². The minimum atomic E-state index is -0.586. The van der Waals surface area contributed by atoms with Gasteiger partial charge in [-0.1, -0.05) is 72.8 Å². The Hall–Kier alpha value is -4.78. The van der Waals surface area contributed by atoms with Crippen molar-refractivity contribution in [3.05, 3.63) is 107 Å². The fourth-order valence-corrected chi connectivity index (χ4v) is 3.80. The van der Waals surface area contributed by atoms with Crippen molar-refractivity contribution >= 4 is 33.8 Å². The first-order chi connectivity index (χ1) is 16.6. The normalized spacial score (nSPS) is 11.3. The van der Waals surface area contributed by atoms with Crippen LogP contribution in [0.3, 0.4) is 0 Å². The number of hydrogen-bond acceptors (Lipinski definition) is 5. The Labute approximate surface area is 194 Å². The number of nitrogens with two attached hydrogens (primary N) is 1. The van der Waals surface area contributed by atoms with Crippen LogP contribution in [0.1, 0.15) is 5.56 Å². The van der Waals surface area contributed by atoms with E-state index in [4.69, 9.17) is 15.5 Å². The molecule has 0 aliphatic heterocycles. The summed E-state index contributed by atoms with van der Waals surface area (Å²) in [4.78, 5) is 29.5. The maximum atomic E-state index is 13.4. The highest BCUT2D eigenvalue weighted by Crippen LogP contribution is 2.27. The molecule has 0 saturated carbocycles.